The van der Waals surface area contributed by atoms with E-state index in [-0.39, 0.29) is 18.2 Å². The van der Waals surface area contributed by atoms with Crippen LogP contribution >= 0.6 is 0 Å². The van der Waals surface area contributed by atoms with Gasteiger partial charge in [0.2, 0.25) is 11.8 Å². The highest BCUT2D eigenvalue weighted by Gasteiger charge is 2.17. The van der Waals surface area contributed by atoms with Gasteiger partial charge in [-0.15, -0.1) is 12.3 Å². The standard InChI is InChI=1S/C9H14N2O2/c1-4-5-7(8(10)12)11-9(13)6(2)3/h1,6-7H,5H2,2-3H3,(H2,10,12)(H,11,13)/t7-/m1/s1. The average molecular weight is 182 g/mol. The summed E-state index contributed by atoms with van der Waals surface area (Å²) in [6.07, 6.45) is 5.14. The van der Waals surface area contributed by atoms with E-state index in [1.807, 2.05) is 0 Å². The lowest BCUT2D eigenvalue weighted by molar-refractivity contribution is -0.129. The molecule has 4 nitrogen and oxygen atoms in total. The van der Waals surface area contributed by atoms with E-state index in [0.717, 1.165) is 0 Å². The number of carbonyl (C=O) groups excluding carboxylic acids is 2. The Morgan fingerprint density at radius 3 is 2.38 bits per heavy atom. The van der Waals surface area contributed by atoms with Crippen molar-refractivity contribution in [1.82, 2.24) is 5.32 Å². The largest absolute Gasteiger partial charge is 0.368 e. The fraction of sp³-hybridized carbons (Fsp3) is 0.556. The summed E-state index contributed by atoms with van der Waals surface area (Å²) in [6, 6.07) is -0.750. The third kappa shape index (κ3) is 4.16. The molecule has 0 bridgehead atoms. The Kier molecular flexibility index (Phi) is 4.60. The van der Waals surface area contributed by atoms with Crippen LogP contribution in [0.15, 0.2) is 0 Å². The van der Waals surface area contributed by atoms with Gasteiger partial charge in [-0.1, -0.05) is 13.8 Å². The first-order valence-electron chi connectivity index (χ1n) is 4.02. The molecule has 0 unspecified atom stereocenters. The number of hydrogen-bond donors (Lipinski definition) is 2. The Morgan fingerprint density at radius 2 is 2.08 bits per heavy atom. The van der Waals surface area contributed by atoms with Crippen molar-refractivity contribution in [3.05, 3.63) is 0 Å². The summed E-state index contributed by atoms with van der Waals surface area (Å²) in [7, 11) is 0. The maximum absolute atomic E-state index is 11.1. The van der Waals surface area contributed by atoms with E-state index in [1.54, 1.807) is 13.8 Å². The summed E-state index contributed by atoms with van der Waals surface area (Å²) < 4.78 is 0. The first-order chi connectivity index (χ1) is 5.99. The lowest BCUT2D eigenvalue weighted by Crippen LogP contribution is -2.45. The second kappa shape index (κ2) is 5.20. The van der Waals surface area contributed by atoms with Gasteiger partial charge in [0.1, 0.15) is 6.04 Å². The second-order valence-corrected chi connectivity index (χ2v) is 3.03. The third-order valence-electron chi connectivity index (χ3n) is 1.51. The zero-order valence-corrected chi connectivity index (χ0v) is 7.83. The van der Waals surface area contributed by atoms with Crippen molar-refractivity contribution in [2.45, 2.75) is 26.3 Å². The summed E-state index contributed by atoms with van der Waals surface area (Å²) in [4.78, 5) is 21.9. The minimum atomic E-state index is -0.750. The first-order valence-corrected chi connectivity index (χ1v) is 4.02. The fourth-order valence-corrected chi connectivity index (χ4v) is 0.679. The van der Waals surface area contributed by atoms with E-state index in [9.17, 15) is 9.59 Å². The van der Waals surface area contributed by atoms with E-state index < -0.39 is 11.9 Å². The minimum Gasteiger partial charge on any atom is -0.368 e. The molecular formula is C9H14N2O2. The van der Waals surface area contributed by atoms with Crippen LogP contribution in [-0.2, 0) is 9.59 Å². The quantitative estimate of drug-likeness (QED) is 0.582. The molecule has 1 atom stereocenters. The van der Waals surface area contributed by atoms with Gasteiger partial charge in [0.05, 0.1) is 0 Å². The molecule has 13 heavy (non-hydrogen) atoms. The van der Waals surface area contributed by atoms with Crippen LogP contribution in [0.25, 0.3) is 0 Å². The zero-order valence-electron chi connectivity index (χ0n) is 7.83. The monoisotopic (exact) mass is 182 g/mol. The van der Waals surface area contributed by atoms with Crippen LogP contribution in [0.1, 0.15) is 20.3 Å². The average Bonchev–Trinajstić information content (AvgIpc) is 2.03. The normalized spacial score (nSPS) is 11.8. The van der Waals surface area contributed by atoms with E-state index in [4.69, 9.17) is 12.2 Å². The van der Waals surface area contributed by atoms with Gasteiger partial charge in [0.15, 0.2) is 0 Å². The molecule has 0 saturated carbocycles. The topological polar surface area (TPSA) is 72.2 Å². The Morgan fingerprint density at radius 1 is 1.54 bits per heavy atom. The number of rotatable bonds is 4. The highest BCUT2D eigenvalue weighted by Crippen LogP contribution is 1.95. The molecule has 0 spiro atoms. The van der Waals surface area contributed by atoms with Crippen molar-refractivity contribution in [2.75, 3.05) is 0 Å². The predicted octanol–water partition coefficient (Wildman–Crippen LogP) is -0.364. The summed E-state index contributed by atoms with van der Waals surface area (Å²) in [5, 5.41) is 2.46. The van der Waals surface area contributed by atoms with Crippen LogP contribution in [0.4, 0.5) is 0 Å². The fourth-order valence-electron chi connectivity index (χ4n) is 0.679. The lowest BCUT2D eigenvalue weighted by Gasteiger charge is -2.14. The molecule has 72 valence electrons. The van der Waals surface area contributed by atoms with Crippen LogP contribution in [0.3, 0.4) is 0 Å². The Labute approximate surface area is 77.9 Å². The number of amides is 2. The first kappa shape index (κ1) is 11.5. The molecule has 0 fully saturated rings. The number of terminal acetylenes is 1. The molecule has 0 saturated heterocycles. The van der Waals surface area contributed by atoms with Crippen LogP contribution in [0, 0.1) is 18.3 Å². The molecule has 0 aliphatic rings. The zero-order chi connectivity index (χ0) is 10.4. The van der Waals surface area contributed by atoms with Crippen LogP contribution in [-0.4, -0.2) is 17.9 Å². The Bertz CT molecular complexity index is 240. The van der Waals surface area contributed by atoms with Crippen LogP contribution < -0.4 is 11.1 Å². The van der Waals surface area contributed by atoms with Gasteiger partial charge in [0.25, 0.3) is 0 Å². The van der Waals surface area contributed by atoms with E-state index >= 15 is 0 Å². The van der Waals surface area contributed by atoms with Gasteiger partial charge in [-0.2, -0.15) is 0 Å². The summed E-state index contributed by atoms with van der Waals surface area (Å²) in [5.41, 5.74) is 5.02. The lowest BCUT2D eigenvalue weighted by atomic mass is 10.1. The molecule has 0 aliphatic heterocycles. The van der Waals surface area contributed by atoms with Gasteiger partial charge in [-0.05, 0) is 0 Å². The second-order valence-electron chi connectivity index (χ2n) is 3.03. The van der Waals surface area contributed by atoms with E-state index in [0.29, 0.717) is 0 Å². The molecule has 0 rings (SSSR count). The molecule has 3 N–H and O–H groups in total. The Balaban J connectivity index is 4.20. The predicted molar refractivity (Wildman–Crippen MR) is 49.4 cm³/mol. The Hall–Kier alpha value is -1.50. The molecule has 0 aromatic rings. The molecule has 0 aliphatic carbocycles. The third-order valence-corrected chi connectivity index (χ3v) is 1.51. The molecule has 2 amide bonds. The molecule has 0 radical (unpaired) electrons. The van der Waals surface area contributed by atoms with Gasteiger partial charge in [-0.25, -0.2) is 0 Å². The van der Waals surface area contributed by atoms with Gasteiger partial charge in [-0.3, -0.25) is 9.59 Å². The molecular weight excluding hydrogens is 168 g/mol. The van der Waals surface area contributed by atoms with Crippen molar-refractivity contribution in [3.8, 4) is 12.3 Å². The molecule has 0 aromatic heterocycles. The number of nitrogens with two attached hydrogens (primary N) is 1. The number of nitrogens with one attached hydrogen (secondary N) is 1. The van der Waals surface area contributed by atoms with Gasteiger partial charge >= 0.3 is 0 Å². The summed E-state index contributed by atoms with van der Waals surface area (Å²) >= 11 is 0. The minimum absolute atomic E-state index is 0.133. The van der Waals surface area contributed by atoms with Crippen molar-refractivity contribution < 1.29 is 9.59 Å². The molecule has 4 heteroatoms. The van der Waals surface area contributed by atoms with Gasteiger partial charge < -0.3 is 11.1 Å². The highest BCUT2D eigenvalue weighted by molar-refractivity contribution is 5.87. The van der Waals surface area contributed by atoms with Crippen molar-refractivity contribution in [1.29, 1.82) is 0 Å². The number of hydrogen-bond acceptors (Lipinski definition) is 2. The van der Waals surface area contributed by atoms with E-state index in [2.05, 4.69) is 11.2 Å². The number of primary amides is 1. The van der Waals surface area contributed by atoms with Crippen molar-refractivity contribution in [3.63, 3.8) is 0 Å². The SMILES string of the molecule is C#CC[C@@H](NC(=O)C(C)C)C(N)=O. The maximum atomic E-state index is 11.1. The summed E-state index contributed by atoms with van der Waals surface area (Å²) in [5.74, 6) is 1.27. The molecule has 0 heterocycles. The summed E-state index contributed by atoms with van der Waals surface area (Å²) in [6.45, 7) is 3.45. The van der Waals surface area contributed by atoms with Crippen molar-refractivity contribution >= 4 is 11.8 Å². The van der Waals surface area contributed by atoms with Crippen molar-refractivity contribution in [2.24, 2.45) is 11.7 Å². The van der Waals surface area contributed by atoms with E-state index in [1.165, 1.54) is 0 Å². The maximum Gasteiger partial charge on any atom is 0.240 e. The van der Waals surface area contributed by atoms with Crippen LogP contribution in [0.5, 0.6) is 0 Å². The van der Waals surface area contributed by atoms with Crippen LogP contribution in [0.2, 0.25) is 0 Å². The number of carbonyl (C=O) groups is 2. The highest BCUT2D eigenvalue weighted by atomic mass is 16.2. The smallest absolute Gasteiger partial charge is 0.240 e. The molecule has 0 aromatic carbocycles. The van der Waals surface area contributed by atoms with Gasteiger partial charge in [0, 0.05) is 12.3 Å².